The Hall–Kier alpha value is -1.34. The molecule has 0 atom stereocenters. The van der Waals surface area contributed by atoms with Gasteiger partial charge in [-0.25, -0.2) is 4.98 Å². The fourth-order valence-electron chi connectivity index (χ4n) is 2.17. The first-order valence-electron chi connectivity index (χ1n) is 7.15. The molecule has 1 aromatic carbocycles. The predicted molar refractivity (Wildman–Crippen MR) is 84.4 cm³/mol. The Morgan fingerprint density at radius 1 is 1.25 bits per heavy atom. The van der Waals surface area contributed by atoms with E-state index in [1.165, 1.54) is 0 Å². The molecule has 20 heavy (non-hydrogen) atoms. The van der Waals surface area contributed by atoms with Gasteiger partial charge in [-0.1, -0.05) is 39.8 Å². The molecular weight excluding hydrogens is 269 g/mol. The summed E-state index contributed by atoms with van der Waals surface area (Å²) < 4.78 is 18.6. The molecule has 0 unspecified atom stereocenters. The summed E-state index contributed by atoms with van der Waals surface area (Å²) >= 11 is 0. The Balaban J connectivity index is 2.41. The van der Waals surface area contributed by atoms with Crippen molar-refractivity contribution in [2.75, 3.05) is 12.3 Å². The second-order valence-electron chi connectivity index (χ2n) is 5.29. The minimum Gasteiger partial charge on any atom is -0.441 e. The molecule has 0 spiro atoms. The number of rotatable bonds is 5. The van der Waals surface area contributed by atoms with Gasteiger partial charge in [0.1, 0.15) is 12.9 Å². The van der Waals surface area contributed by atoms with Gasteiger partial charge in [0, 0.05) is 29.1 Å². The van der Waals surface area contributed by atoms with E-state index in [0.717, 1.165) is 16.6 Å². The third-order valence-electron chi connectivity index (χ3n) is 3.68. The Labute approximate surface area is 120 Å². The van der Waals surface area contributed by atoms with Crippen LogP contribution in [-0.4, -0.2) is 17.3 Å². The Kier molecular flexibility index (Phi) is 4.49. The SMILES string of the molecule is CCP(=O)(CC)c1cccc(-c2ncc(C(C)C)o2)c1. The van der Waals surface area contributed by atoms with Crippen molar-refractivity contribution < 1.29 is 8.98 Å². The van der Waals surface area contributed by atoms with Crippen LogP contribution in [0.5, 0.6) is 0 Å². The Morgan fingerprint density at radius 2 is 1.95 bits per heavy atom. The molecule has 1 heterocycles. The van der Waals surface area contributed by atoms with Crippen LogP contribution in [0.1, 0.15) is 39.4 Å². The van der Waals surface area contributed by atoms with Gasteiger partial charge in [0.05, 0.1) is 6.20 Å². The number of hydrogen-bond acceptors (Lipinski definition) is 3. The molecule has 0 N–H and O–H groups in total. The predicted octanol–water partition coefficient (Wildman–Crippen LogP) is 4.49. The lowest BCUT2D eigenvalue weighted by Gasteiger charge is -2.14. The van der Waals surface area contributed by atoms with Gasteiger partial charge < -0.3 is 8.98 Å². The lowest BCUT2D eigenvalue weighted by Crippen LogP contribution is -2.08. The van der Waals surface area contributed by atoms with Gasteiger partial charge in [0.25, 0.3) is 0 Å². The molecule has 0 aliphatic heterocycles. The molecule has 0 radical (unpaired) electrons. The molecule has 3 nitrogen and oxygen atoms in total. The highest BCUT2D eigenvalue weighted by Gasteiger charge is 2.21. The average Bonchev–Trinajstić information content (AvgIpc) is 2.96. The van der Waals surface area contributed by atoms with Gasteiger partial charge in [-0.2, -0.15) is 0 Å². The highest BCUT2D eigenvalue weighted by atomic mass is 31.2. The molecule has 2 rings (SSSR count). The van der Waals surface area contributed by atoms with Gasteiger partial charge in [-0.05, 0) is 12.1 Å². The first-order chi connectivity index (χ1) is 9.50. The quantitative estimate of drug-likeness (QED) is 0.762. The smallest absolute Gasteiger partial charge is 0.226 e. The topological polar surface area (TPSA) is 43.1 Å². The van der Waals surface area contributed by atoms with E-state index >= 15 is 0 Å². The fraction of sp³-hybridized carbons (Fsp3) is 0.438. The number of nitrogens with zero attached hydrogens (tertiary/aromatic N) is 1. The fourth-order valence-corrected chi connectivity index (χ4v) is 4.08. The van der Waals surface area contributed by atoms with E-state index in [2.05, 4.69) is 18.8 Å². The Morgan fingerprint density at radius 3 is 2.50 bits per heavy atom. The van der Waals surface area contributed by atoms with Crippen LogP contribution in [0.3, 0.4) is 0 Å². The van der Waals surface area contributed by atoms with Crippen LogP contribution in [0.25, 0.3) is 11.5 Å². The van der Waals surface area contributed by atoms with Crippen molar-refractivity contribution in [2.24, 2.45) is 0 Å². The van der Waals surface area contributed by atoms with Crippen LogP contribution < -0.4 is 5.30 Å². The van der Waals surface area contributed by atoms with Gasteiger partial charge >= 0.3 is 0 Å². The van der Waals surface area contributed by atoms with Gasteiger partial charge in [-0.15, -0.1) is 0 Å². The number of hydrogen-bond donors (Lipinski definition) is 0. The zero-order valence-electron chi connectivity index (χ0n) is 12.6. The summed E-state index contributed by atoms with van der Waals surface area (Å²) in [4.78, 5) is 4.33. The van der Waals surface area contributed by atoms with E-state index in [1.807, 2.05) is 38.1 Å². The highest BCUT2D eigenvalue weighted by molar-refractivity contribution is 7.71. The van der Waals surface area contributed by atoms with E-state index in [1.54, 1.807) is 6.20 Å². The van der Waals surface area contributed by atoms with E-state index in [9.17, 15) is 4.57 Å². The molecule has 0 saturated heterocycles. The van der Waals surface area contributed by atoms with Gasteiger partial charge in [-0.3, -0.25) is 0 Å². The minimum absolute atomic E-state index is 0.316. The van der Waals surface area contributed by atoms with Crippen molar-refractivity contribution in [3.05, 3.63) is 36.2 Å². The van der Waals surface area contributed by atoms with Crippen LogP contribution in [0.2, 0.25) is 0 Å². The first kappa shape index (κ1) is 15.1. The largest absolute Gasteiger partial charge is 0.441 e. The molecule has 0 bridgehead atoms. The monoisotopic (exact) mass is 291 g/mol. The third kappa shape index (κ3) is 2.88. The average molecular weight is 291 g/mol. The van der Waals surface area contributed by atoms with E-state index in [0.29, 0.717) is 24.1 Å². The van der Waals surface area contributed by atoms with E-state index < -0.39 is 7.14 Å². The standard InChI is InChI=1S/C16H22NO2P/c1-5-20(18,6-2)14-9-7-8-13(10-14)16-17-11-15(19-16)12(3)4/h7-12H,5-6H2,1-4H3. The zero-order valence-corrected chi connectivity index (χ0v) is 13.5. The molecule has 0 fully saturated rings. The van der Waals surface area contributed by atoms with Gasteiger partial charge in [0.2, 0.25) is 5.89 Å². The maximum atomic E-state index is 12.8. The lowest BCUT2D eigenvalue weighted by molar-refractivity contribution is 0.495. The molecule has 2 aromatic rings. The second kappa shape index (κ2) is 5.97. The molecule has 0 saturated carbocycles. The van der Waals surface area contributed by atoms with Crippen LogP contribution in [0.15, 0.2) is 34.9 Å². The van der Waals surface area contributed by atoms with Gasteiger partial charge in [0.15, 0.2) is 0 Å². The molecular formula is C16H22NO2P. The summed E-state index contributed by atoms with van der Waals surface area (Å²) in [7, 11) is -2.26. The van der Waals surface area contributed by atoms with Crippen LogP contribution in [0, 0.1) is 0 Å². The summed E-state index contributed by atoms with van der Waals surface area (Å²) in [5, 5.41) is 0.921. The molecule has 0 aliphatic rings. The number of benzene rings is 1. The minimum atomic E-state index is -2.26. The van der Waals surface area contributed by atoms with E-state index in [4.69, 9.17) is 4.42 Å². The second-order valence-corrected chi connectivity index (χ2v) is 8.85. The van der Waals surface area contributed by atoms with E-state index in [-0.39, 0.29) is 0 Å². The zero-order chi connectivity index (χ0) is 14.8. The van der Waals surface area contributed by atoms with Crippen LogP contribution in [0.4, 0.5) is 0 Å². The maximum Gasteiger partial charge on any atom is 0.226 e. The molecule has 108 valence electrons. The lowest BCUT2D eigenvalue weighted by atomic mass is 10.2. The number of oxazole rings is 1. The summed E-state index contributed by atoms with van der Waals surface area (Å²) in [6.07, 6.45) is 3.15. The van der Waals surface area contributed by atoms with Crippen LogP contribution >= 0.6 is 7.14 Å². The van der Waals surface area contributed by atoms with Crippen molar-refractivity contribution in [1.29, 1.82) is 0 Å². The summed E-state index contributed by atoms with van der Waals surface area (Å²) in [5.74, 6) is 1.80. The molecule has 0 aliphatic carbocycles. The molecule has 0 amide bonds. The third-order valence-corrected chi connectivity index (χ3v) is 6.94. The summed E-state index contributed by atoms with van der Waals surface area (Å²) in [6.45, 7) is 8.12. The summed E-state index contributed by atoms with van der Waals surface area (Å²) in [5.41, 5.74) is 0.900. The number of aromatic nitrogens is 1. The normalized spacial score (nSPS) is 12.1. The maximum absolute atomic E-state index is 12.8. The van der Waals surface area contributed by atoms with Crippen molar-refractivity contribution in [1.82, 2.24) is 4.98 Å². The van der Waals surface area contributed by atoms with Crippen molar-refractivity contribution >= 4 is 12.4 Å². The van der Waals surface area contributed by atoms with Crippen molar-refractivity contribution in [3.8, 4) is 11.5 Å². The van der Waals surface area contributed by atoms with Crippen molar-refractivity contribution in [2.45, 2.75) is 33.6 Å². The van der Waals surface area contributed by atoms with Crippen LogP contribution in [-0.2, 0) is 4.57 Å². The Bertz CT molecular complexity index is 623. The molecule has 4 heteroatoms. The highest BCUT2D eigenvalue weighted by Crippen LogP contribution is 2.43. The summed E-state index contributed by atoms with van der Waals surface area (Å²) in [6, 6.07) is 7.80. The molecule has 1 aromatic heterocycles. The van der Waals surface area contributed by atoms with Crippen molar-refractivity contribution in [3.63, 3.8) is 0 Å². The first-order valence-corrected chi connectivity index (χ1v) is 9.22.